The fraction of sp³-hybridized carbons (Fsp3) is 0.833. The number of ketones is 1. The third-order valence-electron chi connectivity index (χ3n) is 2.63. The molecule has 0 aliphatic rings. The van der Waals surface area contributed by atoms with E-state index in [-0.39, 0.29) is 30.5 Å². The molecule has 0 aliphatic heterocycles. The first-order valence-electron chi connectivity index (χ1n) is 6.06. The molecule has 0 fully saturated rings. The molecule has 0 heterocycles. The molecule has 6 heteroatoms. The van der Waals surface area contributed by atoms with Crippen molar-refractivity contribution in [3.63, 3.8) is 0 Å². The van der Waals surface area contributed by atoms with E-state index in [1.807, 2.05) is 13.8 Å². The second-order valence-electron chi connectivity index (χ2n) is 4.77. The van der Waals surface area contributed by atoms with Gasteiger partial charge in [0.1, 0.15) is 12.0 Å². The Labute approximate surface area is 107 Å². The van der Waals surface area contributed by atoms with E-state index in [1.54, 1.807) is 0 Å². The van der Waals surface area contributed by atoms with Gasteiger partial charge in [0.2, 0.25) is 0 Å². The number of hydrogen-bond acceptors (Lipinski definition) is 6. The van der Waals surface area contributed by atoms with Crippen molar-refractivity contribution in [1.82, 2.24) is 0 Å². The molecule has 0 aromatic rings. The second-order valence-corrected chi connectivity index (χ2v) is 4.77. The monoisotopic (exact) mass is 261 g/mol. The summed E-state index contributed by atoms with van der Waals surface area (Å²) in [5.74, 6) is -0.356. The molecule has 106 valence electrons. The number of ether oxygens (including phenoxy) is 1. The van der Waals surface area contributed by atoms with E-state index in [2.05, 4.69) is 4.89 Å². The molecule has 0 spiro atoms. The second kappa shape index (κ2) is 9.02. The van der Waals surface area contributed by atoms with Crippen LogP contribution in [0, 0.1) is 11.8 Å². The summed E-state index contributed by atoms with van der Waals surface area (Å²) in [6.45, 7) is 4.01. The van der Waals surface area contributed by atoms with Crippen molar-refractivity contribution in [2.75, 3.05) is 7.11 Å². The van der Waals surface area contributed by atoms with Gasteiger partial charge in [0, 0.05) is 12.8 Å². The number of esters is 1. The summed E-state index contributed by atoms with van der Waals surface area (Å²) in [5.41, 5.74) is 5.26. The molecule has 18 heavy (non-hydrogen) atoms. The van der Waals surface area contributed by atoms with Gasteiger partial charge >= 0.3 is 5.97 Å². The molecule has 0 amide bonds. The Balaban J connectivity index is 4.17. The van der Waals surface area contributed by atoms with Gasteiger partial charge in [-0.2, -0.15) is 0 Å². The van der Waals surface area contributed by atoms with Crippen LogP contribution in [0.25, 0.3) is 0 Å². The van der Waals surface area contributed by atoms with E-state index in [1.165, 1.54) is 7.11 Å². The van der Waals surface area contributed by atoms with Crippen LogP contribution in [0.2, 0.25) is 0 Å². The highest BCUT2D eigenvalue weighted by atomic mass is 17.1. The van der Waals surface area contributed by atoms with E-state index >= 15 is 0 Å². The van der Waals surface area contributed by atoms with Gasteiger partial charge in [-0.05, 0) is 18.8 Å². The minimum Gasteiger partial charge on any atom is -0.469 e. The van der Waals surface area contributed by atoms with E-state index < -0.39 is 6.23 Å². The molecule has 0 aliphatic carbocycles. The first-order valence-corrected chi connectivity index (χ1v) is 6.06. The van der Waals surface area contributed by atoms with E-state index in [9.17, 15) is 9.59 Å². The van der Waals surface area contributed by atoms with Crippen molar-refractivity contribution in [2.45, 2.75) is 45.8 Å². The number of carbonyl (C=O) groups excluding carboxylic acids is 2. The molecular weight excluding hydrogens is 238 g/mol. The van der Waals surface area contributed by atoms with Crippen molar-refractivity contribution >= 4 is 11.8 Å². The van der Waals surface area contributed by atoms with Gasteiger partial charge in [0.15, 0.2) is 0 Å². The lowest BCUT2D eigenvalue weighted by Crippen LogP contribution is -2.26. The third-order valence-corrected chi connectivity index (χ3v) is 2.63. The summed E-state index contributed by atoms with van der Waals surface area (Å²) in [5, 5.41) is 8.25. The minimum atomic E-state index is -1.00. The van der Waals surface area contributed by atoms with E-state index in [4.69, 9.17) is 15.7 Å². The van der Waals surface area contributed by atoms with Crippen LogP contribution in [0.15, 0.2) is 0 Å². The molecule has 3 N–H and O–H groups in total. The van der Waals surface area contributed by atoms with Gasteiger partial charge < -0.3 is 10.5 Å². The molecule has 0 bridgehead atoms. The van der Waals surface area contributed by atoms with Crippen molar-refractivity contribution in [2.24, 2.45) is 17.6 Å². The van der Waals surface area contributed by atoms with Crippen LogP contribution in [0.4, 0.5) is 0 Å². The fourth-order valence-corrected chi connectivity index (χ4v) is 1.77. The molecule has 0 aromatic heterocycles. The maximum Gasteiger partial charge on any atom is 0.308 e. The first kappa shape index (κ1) is 17.0. The highest BCUT2D eigenvalue weighted by molar-refractivity contribution is 5.80. The van der Waals surface area contributed by atoms with Gasteiger partial charge in [-0.25, -0.2) is 4.89 Å². The van der Waals surface area contributed by atoms with E-state index in [0.29, 0.717) is 18.8 Å². The number of methoxy groups -OCH3 is 1. The summed E-state index contributed by atoms with van der Waals surface area (Å²) in [6, 6.07) is 0. The van der Waals surface area contributed by atoms with Gasteiger partial charge in [0.25, 0.3) is 0 Å². The smallest absolute Gasteiger partial charge is 0.308 e. The van der Waals surface area contributed by atoms with Crippen LogP contribution >= 0.6 is 0 Å². The Morgan fingerprint density at radius 3 is 2.39 bits per heavy atom. The van der Waals surface area contributed by atoms with Crippen LogP contribution in [-0.4, -0.2) is 30.3 Å². The van der Waals surface area contributed by atoms with Gasteiger partial charge in [-0.15, -0.1) is 0 Å². The Kier molecular flexibility index (Phi) is 8.53. The molecular formula is C12H23NO5. The van der Waals surface area contributed by atoms with Gasteiger partial charge in [0.05, 0.1) is 13.0 Å². The lowest BCUT2D eigenvalue weighted by Gasteiger charge is -2.16. The first-order chi connectivity index (χ1) is 8.40. The Bertz CT molecular complexity index is 267. The molecule has 2 atom stereocenters. The normalized spacial score (nSPS) is 14.3. The SMILES string of the molecule is COC(=O)C(CCC(=O)CC(N)OO)CC(C)C. The number of nitrogens with two attached hydrogens (primary N) is 1. The Morgan fingerprint density at radius 1 is 1.33 bits per heavy atom. The maximum absolute atomic E-state index is 11.5. The van der Waals surface area contributed by atoms with Crippen molar-refractivity contribution in [3.8, 4) is 0 Å². The minimum absolute atomic E-state index is 0.0634. The van der Waals surface area contributed by atoms with Crippen molar-refractivity contribution in [1.29, 1.82) is 0 Å². The largest absolute Gasteiger partial charge is 0.469 e. The highest BCUT2D eigenvalue weighted by Crippen LogP contribution is 2.19. The average molecular weight is 261 g/mol. The topological polar surface area (TPSA) is 98.9 Å². The Morgan fingerprint density at radius 2 is 1.94 bits per heavy atom. The Hall–Kier alpha value is -0.980. The molecule has 6 nitrogen and oxygen atoms in total. The van der Waals surface area contributed by atoms with Gasteiger partial charge in [-0.3, -0.25) is 14.8 Å². The van der Waals surface area contributed by atoms with Crippen LogP contribution in [-0.2, 0) is 19.2 Å². The molecule has 0 saturated heterocycles. The third kappa shape index (κ3) is 7.37. The molecule has 2 unspecified atom stereocenters. The number of hydrogen-bond donors (Lipinski definition) is 2. The zero-order chi connectivity index (χ0) is 14.1. The molecule has 0 saturated carbocycles. The van der Waals surface area contributed by atoms with Crippen LogP contribution < -0.4 is 5.73 Å². The summed E-state index contributed by atoms with van der Waals surface area (Å²) >= 11 is 0. The molecule has 0 aromatic carbocycles. The summed E-state index contributed by atoms with van der Waals surface area (Å²) < 4.78 is 4.71. The zero-order valence-corrected chi connectivity index (χ0v) is 11.2. The van der Waals surface area contributed by atoms with Gasteiger partial charge in [-0.1, -0.05) is 13.8 Å². The van der Waals surface area contributed by atoms with Crippen LogP contribution in [0.1, 0.15) is 39.5 Å². The van der Waals surface area contributed by atoms with Crippen LogP contribution in [0.3, 0.4) is 0 Å². The van der Waals surface area contributed by atoms with Crippen molar-refractivity contribution < 1.29 is 24.5 Å². The summed E-state index contributed by atoms with van der Waals surface area (Å²) in [7, 11) is 1.34. The summed E-state index contributed by atoms with van der Waals surface area (Å²) in [6.07, 6.45) is 0.277. The highest BCUT2D eigenvalue weighted by Gasteiger charge is 2.22. The maximum atomic E-state index is 11.5. The summed E-state index contributed by atoms with van der Waals surface area (Å²) in [4.78, 5) is 26.8. The lowest BCUT2D eigenvalue weighted by molar-refractivity contribution is -0.276. The lowest BCUT2D eigenvalue weighted by atomic mass is 9.91. The van der Waals surface area contributed by atoms with Crippen LogP contribution in [0.5, 0.6) is 0 Å². The molecule has 0 rings (SSSR count). The molecule has 0 radical (unpaired) electrons. The zero-order valence-electron chi connectivity index (χ0n) is 11.2. The average Bonchev–Trinajstić information content (AvgIpc) is 2.32. The number of carbonyl (C=O) groups is 2. The fourth-order valence-electron chi connectivity index (χ4n) is 1.77. The van der Waals surface area contributed by atoms with Crippen molar-refractivity contribution in [3.05, 3.63) is 0 Å². The number of rotatable bonds is 9. The quantitative estimate of drug-likeness (QED) is 0.281. The predicted octanol–water partition coefficient (Wildman–Crippen LogP) is 1.34. The van der Waals surface area contributed by atoms with E-state index in [0.717, 1.165) is 0 Å². The predicted molar refractivity (Wildman–Crippen MR) is 65.5 cm³/mol. The standard InChI is InChI=1S/C12H23NO5/c1-8(2)6-9(12(15)17-3)4-5-10(14)7-11(13)18-16/h8-9,11,16H,4-7,13H2,1-3H3. The number of Topliss-reactive ketones (excluding diaryl/α,β-unsaturated/α-hetero) is 1.